The number of nitrogens with one attached hydrogen (secondary N) is 1. The third-order valence-electron chi connectivity index (χ3n) is 1.49. The third kappa shape index (κ3) is 1.68. The quantitative estimate of drug-likeness (QED) is 0.451. The molecule has 72 valence electrons. The number of hydrogen-bond acceptors (Lipinski definition) is 6. The molecule has 0 radical (unpaired) electrons. The van der Waals surface area contributed by atoms with Crippen LogP contribution in [0, 0.1) is 25.8 Å². The van der Waals surface area contributed by atoms with Crippen LogP contribution in [-0.2, 0) is 0 Å². The Labute approximate surface area is 77.0 Å². The van der Waals surface area contributed by atoms with Crippen molar-refractivity contribution in [1.82, 2.24) is 0 Å². The van der Waals surface area contributed by atoms with Crippen LogP contribution in [0.5, 0.6) is 0 Å². The van der Waals surface area contributed by atoms with Gasteiger partial charge >= 0.3 is 5.69 Å². The molecular weight excluding hydrogens is 192 g/mol. The standard InChI is InChI=1S/C6H4N4O4/c7-8-5-2-1-4(9(11)12)3-6(5)10(13)14/h1-3,7H. The lowest BCUT2D eigenvalue weighted by molar-refractivity contribution is -0.393. The summed E-state index contributed by atoms with van der Waals surface area (Å²) in [7, 11) is 0. The van der Waals surface area contributed by atoms with Gasteiger partial charge in [-0.1, -0.05) is 0 Å². The summed E-state index contributed by atoms with van der Waals surface area (Å²) < 4.78 is 0. The minimum absolute atomic E-state index is 0.208. The van der Waals surface area contributed by atoms with E-state index in [0.717, 1.165) is 18.2 Å². The number of nitro groups is 2. The molecule has 1 aromatic rings. The molecule has 14 heavy (non-hydrogen) atoms. The molecule has 1 aromatic carbocycles. The van der Waals surface area contributed by atoms with Crippen molar-refractivity contribution in [2.75, 3.05) is 0 Å². The molecule has 0 spiro atoms. The summed E-state index contributed by atoms with van der Waals surface area (Å²) >= 11 is 0. The van der Waals surface area contributed by atoms with Crippen LogP contribution >= 0.6 is 0 Å². The van der Waals surface area contributed by atoms with Gasteiger partial charge in [-0.25, -0.2) is 5.53 Å². The Hall–Kier alpha value is -2.38. The second-order valence-corrected chi connectivity index (χ2v) is 2.30. The summed E-state index contributed by atoms with van der Waals surface area (Å²) in [5.41, 5.74) is 5.45. The fraction of sp³-hybridized carbons (Fsp3) is 0. The van der Waals surface area contributed by atoms with E-state index in [0.29, 0.717) is 0 Å². The van der Waals surface area contributed by atoms with Gasteiger partial charge in [0.1, 0.15) is 0 Å². The van der Waals surface area contributed by atoms with Crippen LogP contribution in [0.15, 0.2) is 23.3 Å². The van der Waals surface area contributed by atoms with E-state index >= 15 is 0 Å². The van der Waals surface area contributed by atoms with E-state index in [4.69, 9.17) is 5.53 Å². The van der Waals surface area contributed by atoms with Crippen molar-refractivity contribution >= 4 is 17.1 Å². The van der Waals surface area contributed by atoms with Crippen molar-refractivity contribution in [2.45, 2.75) is 0 Å². The van der Waals surface area contributed by atoms with E-state index < -0.39 is 21.2 Å². The molecule has 0 heterocycles. The molecule has 8 heteroatoms. The van der Waals surface area contributed by atoms with Crippen molar-refractivity contribution in [3.05, 3.63) is 38.4 Å². The highest BCUT2D eigenvalue weighted by molar-refractivity contribution is 5.61. The van der Waals surface area contributed by atoms with Crippen LogP contribution < -0.4 is 0 Å². The van der Waals surface area contributed by atoms with E-state index in [1.807, 2.05) is 0 Å². The van der Waals surface area contributed by atoms with Gasteiger partial charge in [-0.05, 0) is 6.07 Å². The van der Waals surface area contributed by atoms with E-state index in [2.05, 4.69) is 5.11 Å². The Balaban J connectivity index is 3.34. The normalized spacial score (nSPS) is 9.43. The maximum Gasteiger partial charge on any atom is 0.303 e. The molecule has 0 saturated carbocycles. The molecule has 0 aromatic heterocycles. The van der Waals surface area contributed by atoms with Gasteiger partial charge in [-0.15, -0.1) is 0 Å². The van der Waals surface area contributed by atoms with Gasteiger partial charge in [-0.3, -0.25) is 20.2 Å². The highest BCUT2D eigenvalue weighted by Crippen LogP contribution is 2.30. The monoisotopic (exact) mass is 196 g/mol. The Kier molecular flexibility index (Phi) is 2.47. The van der Waals surface area contributed by atoms with Gasteiger partial charge in [0.15, 0.2) is 5.69 Å². The van der Waals surface area contributed by atoms with Crippen molar-refractivity contribution < 1.29 is 9.85 Å². The summed E-state index contributed by atoms with van der Waals surface area (Å²) in [6.07, 6.45) is 0. The predicted octanol–water partition coefficient (Wildman–Crippen LogP) is 2.17. The van der Waals surface area contributed by atoms with Crippen LogP contribution in [0.1, 0.15) is 0 Å². The summed E-state index contributed by atoms with van der Waals surface area (Å²) in [6, 6.07) is 2.89. The van der Waals surface area contributed by atoms with Crippen molar-refractivity contribution in [2.24, 2.45) is 5.11 Å². The summed E-state index contributed by atoms with van der Waals surface area (Å²) in [5.74, 6) is 0. The van der Waals surface area contributed by atoms with Gasteiger partial charge in [0.05, 0.1) is 15.9 Å². The largest absolute Gasteiger partial charge is 0.303 e. The number of non-ortho nitro benzene ring substituents is 1. The zero-order valence-electron chi connectivity index (χ0n) is 6.71. The van der Waals surface area contributed by atoms with Crippen molar-refractivity contribution in [1.29, 1.82) is 5.53 Å². The molecule has 8 nitrogen and oxygen atoms in total. The zero-order chi connectivity index (χ0) is 10.7. The topological polar surface area (TPSA) is 122 Å². The van der Waals surface area contributed by atoms with E-state index in [1.54, 1.807) is 0 Å². The highest BCUT2D eigenvalue weighted by Gasteiger charge is 2.18. The SMILES string of the molecule is N=Nc1ccc([N+](=O)[O-])cc1[N+](=O)[O-]. The molecule has 0 unspecified atom stereocenters. The molecule has 0 aliphatic heterocycles. The maximum atomic E-state index is 10.4. The zero-order valence-corrected chi connectivity index (χ0v) is 6.71. The molecule has 0 aliphatic carbocycles. The van der Waals surface area contributed by atoms with Gasteiger partial charge < -0.3 is 0 Å². The van der Waals surface area contributed by atoms with Crippen LogP contribution in [0.4, 0.5) is 17.1 Å². The van der Waals surface area contributed by atoms with Gasteiger partial charge in [-0.2, -0.15) is 5.11 Å². The lowest BCUT2D eigenvalue weighted by Crippen LogP contribution is -1.92. The second-order valence-electron chi connectivity index (χ2n) is 2.30. The maximum absolute atomic E-state index is 10.4. The van der Waals surface area contributed by atoms with Crippen LogP contribution in [-0.4, -0.2) is 9.85 Å². The van der Waals surface area contributed by atoms with Crippen molar-refractivity contribution in [3.8, 4) is 0 Å². The number of benzene rings is 1. The van der Waals surface area contributed by atoms with Gasteiger partial charge in [0.25, 0.3) is 5.69 Å². The van der Waals surface area contributed by atoms with Crippen LogP contribution in [0.3, 0.4) is 0 Å². The minimum atomic E-state index is -0.819. The highest BCUT2D eigenvalue weighted by atomic mass is 16.6. The predicted molar refractivity (Wildman–Crippen MR) is 44.6 cm³/mol. The molecule has 0 aliphatic rings. The Morgan fingerprint density at radius 1 is 1.21 bits per heavy atom. The Morgan fingerprint density at radius 3 is 2.29 bits per heavy atom. The first-order chi connectivity index (χ1) is 6.56. The summed E-state index contributed by atoms with van der Waals surface area (Å²) in [5, 5.41) is 23.6. The van der Waals surface area contributed by atoms with Crippen LogP contribution in [0.25, 0.3) is 0 Å². The number of nitrogens with zero attached hydrogens (tertiary/aromatic N) is 3. The second kappa shape index (κ2) is 3.56. The molecule has 0 fully saturated rings. The lowest BCUT2D eigenvalue weighted by Gasteiger charge is -1.95. The van der Waals surface area contributed by atoms with E-state index in [9.17, 15) is 20.2 Å². The minimum Gasteiger partial charge on any atom is -0.258 e. The molecule has 1 N–H and O–H groups in total. The molecule has 0 bridgehead atoms. The molecule has 0 amide bonds. The fourth-order valence-electron chi connectivity index (χ4n) is 0.866. The smallest absolute Gasteiger partial charge is 0.258 e. The summed E-state index contributed by atoms with van der Waals surface area (Å²) in [4.78, 5) is 19.1. The van der Waals surface area contributed by atoms with Crippen molar-refractivity contribution in [3.63, 3.8) is 0 Å². The molecule has 0 saturated heterocycles. The number of nitro benzene ring substituents is 2. The number of hydrogen-bond donors (Lipinski definition) is 1. The van der Waals surface area contributed by atoms with Crippen LogP contribution in [0.2, 0.25) is 0 Å². The van der Waals surface area contributed by atoms with Gasteiger partial charge in [0.2, 0.25) is 0 Å². The molecule has 1 rings (SSSR count). The third-order valence-corrected chi connectivity index (χ3v) is 1.49. The summed E-state index contributed by atoms with van der Waals surface area (Å²) in [6.45, 7) is 0. The van der Waals surface area contributed by atoms with E-state index in [1.165, 1.54) is 0 Å². The first kappa shape index (κ1) is 9.71. The first-order valence-corrected chi connectivity index (χ1v) is 3.36. The number of rotatable bonds is 3. The Morgan fingerprint density at radius 2 is 1.86 bits per heavy atom. The van der Waals surface area contributed by atoms with Gasteiger partial charge in [0, 0.05) is 6.07 Å². The molecular formula is C6H4N4O4. The Bertz CT molecular complexity index is 416. The average Bonchev–Trinajstić information content (AvgIpc) is 2.16. The fourth-order valence-corrected chi connectivity index (χ4v) is 0.866. The van der Waals surface area contributed by atoms with E-state index in [-0.39, 0.29) is 5.69 Å². The first-order valence-electron chi connectivity index (χ1n) is 3.36. The lowest BCUT2D eigenvalue weighted by atomic mass is 10.2. The average molecular weight is 196 g/mol. The molecule has 0 atom stereocenters.